The first kappa shape index (κ1) is 18.1. The standard InChI is InChI=1S/C18H26ClNO3/c1-18(2,3)23-17(21)20-10-9-16(22-4)12-15(20)11-13-5-7-14(19)8-6-13/h5-8,15-16H,9-12H2,1-4H3/t15-,16?/m0/s1. The van der Waals surface area contributed by atoms with E-state index in [0.717, 1.165) is 29.8 Å². The Hall–Kier alpha value is -1.26. The van der Waals surface area contributed by atoms with Gasteiger partial charge in [0.25, 0.3) is 0 Å². The fraction of sp³-hybridized carbons (Fsp3) is 0.611. The van der Waals surface area contributed by atoms with Crippen molar-refractivity contribution in [2.24, 2.45) is 0 Å². The first-order chi connectivity index (χ1) is 10.8. The Balaban J connectivity index is 2.11. The molecule has 1 aromatic carbocycles. The molecular weight excluding hydrogens is 314 g/mol. The number of halogens is 1. The molecule has 5 heteroatoms. The third-order valence-corrected chi connectivity index (χ3v) is 4.27. The van der Waals surface area contributed by atoms with Crippen molar-refractivity contribution in [2.75, 3.05) is 13.7 Å². The van der Waals surface area contributed by atoms with Crippen molar-refractivity contribution in [3.05, 3.63) is 34.9 Å². The maximum Gasteiger partial charge on any atom is 0.410 e. The van der Waals surface area contributed by atoms with E-state index in [0.29, 0.717) is 6.54 Å². The number of piperidine rings is 1. The molecule has 1 unspecified atom stereocenters. The predicted octanol–water partition coefficient (Wildman–Crippen LogP) is 4.30. The van der Waals surface area contributed by atoms with Crippen LogP contribution in [0.1, 0.15) is 39.2 Å². The Morgan fingerprint density at radius 1 is 1.30 bits per heavy atom. The third-order valence-electron chi connectivity index (χ3n) is 4.01. The SMILES string of the molecule is COC1CCN(C(=O)OC(C)(C)C)[C@@H](Cc2ccc(Cl)cc2)C1. The number of amides is 1. The molecule has 2 atom stereocenters. The number of carbonyl (C=O) groups excluding carboxylic acids is 1. The molecule has 4 nitrogen and oxygen atoms in total. The summed E-state index contributed by atoms with van der Waals surface area (Å²) < 4.78 is 11.1. The summed E-state index contributed by atoms with van der Waals surface area (Å²) >= 11 is 5.95. The second-order valence-electron chi connectivity index (χ2n) is 7.04. The molecule has 1 amide bonds. The lowest BCUT2D eigenvalue weighted by molar-refractivity contribution is -0.0177. The van der Waals surface area contributed by atoms with Crippen molar-refractivity contribution >= 4 is 17.7 Å². The van der Waals surface area contributed by atoms with Gasteiger partial charge in [0.15, 0.2) is 0 Å². The molecular formula is C18H26ClNO3. The largest absolute Gasteiger partial charge is 0.444 e. The number of rotatable bonds is 3. The highest BCUT2D eigenvalue weighted by Gasteiger charge is 2.34. The fourth-order valence-electron chi connectivity index (χ4n) is 2.88. The zero-order valence-corrected chi connectivity index (χ0v) is 15.1. The number of methoxy groups -OCH3 is 1. The van der Waals surface area contributed by atoms with Crippen molar-refractivity contribution in [3.8, 4) is 0 Å². The predicted molar refractivity (Wildman–Crippen MR) is 91.9 cm³/mol. The van der Waals surface area contributed by atoms with Crippen LogP contribution in [0, 0.1) is 0 Å². The van der Waals surface area contributed by atoms with E-state index in [-0.39, 0.29) is 18.2 Å². The van der Waals surface area contributed by atoms with Gasteiger partial charge in [-0.15, -0.1) is 0 Å². The van der Waals surface area contributed by atoms with Gasteiger partial charge < -0.3 is 14.4 Å². The second kappa shape index (κ2) is 7.54. The number of likely N-dealkylation sites (tertiary alicyclic amines) is 1. The minimum Gasteiger partial charge on any atom is -0.444 e. The summed E-state index contributed by atoms with van der Waals surface area (Å²) in [6.07, 6.45) is 2.37. The van der Waals surface area contributed by atoms with Crippen LogP contribution in [0.5, 0.6) is 0 Å². The van der Waals surface area contributed by atoms with E-state index in [1.54, 1.807) is 7.11 Å². The van der Waals surface area contributed by atoms with E-state index in [2.05, 4.69) is 0 Å². The minimum atomic E-state index is -0.486. The lowest BCUT2D eigenvalue weighted by Gasteiger charge is -2.39. The van der Waals surface area contributed by atoms with E-state index in [9.17, 15) is 4.79 Å². The van der Waals surface area contributed by atoms with Gasteiger partial charge in [-0.25, -0.2) is 4.79 Å². The molecule has 128 valence electrons. The Kier molecular flexibility index (Phi) is 5.93. The molecule has 1 aromatic rings. The van der Waals surface area contributed by atoms with Crippen LogP contribution in [0.4, 0.5) is 4.79 Å². The normalized spacial score (nSPS) is 22.0. The van der Waals surface area contributed by atoms with E-state index in [1.807, 2.05) is 49.9 Å². The lowest BCUT2D eigenvalue weighted by atomic mass is 9.94. The van der Waals surface area contributed by atoms with Crippen LogP contribution >= 0.6 is 11.6 Å². The smallest absolute Gasteiger partial charge is 0.410 e. The summed E-state index contributed by atoms with van der Waals surface area (Å²) in [5.74, 6) is 0. The van der Waals surface area contributed by atoms with Crippen molar-refractivity contribution < 1.29 is 14.3 Å². The van der Waals surface area contributed by atoms with Gasteiger partial charge in [0.2, 0.25) is 0 Å². The van der Waals surface area contributed by atoms with E-state index < -0.39 is 5.60 Å². The van der Waals surface area contributed by atoms with Gasteiger partial charge in [0.1, 0.15) is 5.60 Å². The van der Waals surface area contributed by atoms with Crippen LogP contribution in [0.25, 0.3) is 0 Å². The highest BCUT2D eigenvalue weighted by molar-refractivity contribution is 6.30. The quantitative estimate of drug-likeness (QED) is 0.824. The summed E-state index contributed by atoms with van der Waals surface area (Å²) in [6.45, 7) is 6.33. The van der Waals surface area contributed by atoms with Crippen molar-refractivity contribution in [1.82, 2.24) is 4.90 Å². The van der Waals surface area contributed by atoms with Gasteiger partial charge in [0.05, 0.1) is 6.10 Å². The molecule has 1 aliphatic heterocycles. The summed E-state index contributed by atoms with van der Waals surface area (Å²) in [5, 5.41) is 0.719. The average Bonchev–Trinajstić information content (AvgIpc) is 2.47. The van der Waals surface area contributed by atoms with Crippen molar-refractivity contribution in [3.63, 3.8) is 0 Å². The highest BCUT2D eigenvalue weighted by Crippen LogP contribution is 2.25. The number of carbonyl (C=O) groups is 1. The average molecular weight is 340 g/mol. The molecule has 1 saturated heterocycles. The number of hydrogen-bond donors (Lipinski definition) is 0. The maximum absolute atomic E-state index is 12.5. The van der Waals surface area contributed by atoms with Crippen LogP contribution in [-0.4, -0.2) is 42.4 Å². The molecule has 23 heavy (non-hydrogen) atoms. The number of nitrogens with zero attached hydrogens (tertiary/aromatic N) is 1. The Morgan fingerprint density at radius 3 is 2.52 bits per heavy atom. The zero-order chi connectivity index (χ0) is 17.0. The van der Waals surface area contributed by atoms with Crippen LogP contribution in [0.2, 0.25) is 5.02 Å². The molecule has 0 aromatic heterocycles. The van der Waals surface area contributed by atoms with Gasteiger partial charge in [0, 0.05) is 24.7 Å². The number of benzene rings is 1. The van der Waals surface area contributed by atoms with E-state index in [1.165, 1.54) is 0 Å². The van der Waals surface area contributed by atoms with Crippen LogP contribution in [0.3, 0.4) is 0 Å². The highest BCUT2D eigenvalue weighted by atomic mass is 35.5. The molecule has 0 radical (unpaired) electrons. The summed E-state index contributed by atoms with van der Waals surface area (Å²) in [6, 6.07) is 7.85. The first-order valence-electron chi connectivity index (χ1n) is 8.05. The first-order valence-corrected chi connectivity index (χ1v) is 8.43. The molecule has 0 aliphatic carbocycles. The molecule has 0 bridgehead atoms. The van der Waals surface area contributed by atoms with Crippen LogP contribution < -0.4 is 0 Å². The van der Waals surface area contributed by atoms with Gasteiger partial charge in [-0.1, -0.05) is 23.7 Å². The van der Waals surface area contributed by atoms with E-state index in [4.69, 9.17) is 21.1 Å². The summed E-state index contributed by atoms with van der Waals surface area (Å²) in [5.41, 5.74) is 0.671. The van der Waals surface area contributed by atoms with Gasteiger partial charge in [-0.2, -0.15) is 0 Å². The van der Waals surface area contributed by atoms with Crippen LogP contribution in [-0.2, 0) is 15.9 Å². The second-order valence-corrected chi connectivity index (χ2v) is 7.48. The van der Waals surface area contributed by atoms with Crippen molar-refractivity contribution in [1.29, 1.82) is 0 Å². The zero-order valence-electron chi connectivity index (χ0n) is 14.3. The molecule has 1 heterocycles. The van der Waals surface area contributed by atoms with Gasteiger partial charge in [-0.05, 0) is 57.7 Å². The molecule has 1 fully saturated rings. The molecule has 0 spiro atoms. The minimum absolute atomic E-state index is 0.0738. The van der Waals surface area contributed by atoms with Gasteiger partial charge >= 0.3 is 6.09 Å². The topological polar surface area (TPSA) is 38.8 Å². The molecule has 0 N–H and O–H groups in total. The molecule has 0 saturated carbocycles. The maximum atomic E-state index is 12.5. The van der Waals surface area contributed by atoms with Gasteiger partial charge in [-0.3, -0.25) is 0 Å². The number of ether oxygens (including phenoxy) is 2. The molecule has 1 aliphatic rings. The summed E-state index contributed by atoms with van der Waals surface area (Å²) in [7, 11) is 1.73. The van der Waals surface area contributed by atoms with Crippen molar-refractivity contribution in [2.45, 2.75) is 57.8 Å². The summed E-state index contributed by atoms with van der Waals surface area (Å²) in [4.78, 5) is 14.3. The van der Waals surface area contributed by atoms with E-state index >= 15 is 0 Å². The Morgan fingerprint density at radius 2 is 1.96 bits per heavy atom. The third kappa shape index (κ3) is 5.40. The fourth-order valence-corrected chi connectivity index (χ4v) is 3.00. The Labute approximate surface area is 143 Å². The Bertz CT molecular complexity index is 524. The van der Waals surface area contributed by atoms with Crippen LogP contribution in [0.15, 0.2) is 24.3 Å². The monoisotopic (exact) mass is 339 g/mol. The molecule has 2 rings (SSSR count). The number of hydrogen-bond acceptors (Lipinski definition) is 3. The lowest BCUT2D eigenvalue weighted by Crippen LogP contribution is -2.50.